The van der Waals surface area contributed by atoms with Gasteiger partial charge < -0.3 is 9.47 Å². The maximum atomic E-state index is 12.5. The van der Waals surface area contributed by atoms with Crippen LogP contribution in [0.15, 0.2) is 36.4 Å². The number of amides is 1. The van der Waals surface area contributed by atoms with Gasteiger partial charge in [0.15, 0.2) is 11.5 Å². The Hall–Kier alpha value is -1.12. The van der Waals surface area contributed by atoms with Gasteiger partial charge in [0, 0.05) is 10.7 Å². The largest absolute Gasteiger partial charge is 0.492 e. The van der Waals surface area contributed by atoms with Crippen LogP contribution in [0, 0.1) is 3.57 Å². The maximum absolute atomic E-state index is 12.5. The number of ether oxygens (including phenoxy) is 2. The standard InChI is InChI=1S/C18H17ClINO3S/c1-3-24-15-9-11(8-14(20)17(15)23-2)18-21(16(22)10-25-18)13-6-4-12(19)5-7-13/h4-9,18H,3,10H2,1-2H3/t18-/m0/s1. The predicted molar refractivity (Wildman–Crippen MR) is 111 cm³/mol. The van der Waals surface area contributed by atoms with Crippen LogP contribution < -0.4 is 14.4 Å². The van der Waals surface area contributed by atoms with Crippen molar-refractivity contribution in [2.75, 3.05) is 24.4 Å². The normalized spacial score (nSPS) is 17.0. The topological polar surface area (TPSA) is 38.8 Å². The van der Waals surface area contributed by atoms with Crippen molar-refractivity contribution in [2.45, 2.75) is 12.3 Å². The van der Waals surface area contributed by atoms with Gasteiger partial charge in [0.1, 0.15) is 5.37 Å². The SMILES string of the molecule is CCOc1cc([C@@H]2SCC(=O)N2c2ccc(Cl)cc2)cc(I)c1OC. The number of rotatable bonds is 5. The highest BCUT2D eigenvalue weighted by atomic mass is 127. The summed E-state index contributed by atoms with van der Waals surface area (Å²) in [7, 11) is 1.63. The Morgan fingerprint density at radius 3 is 2.68 bits per heavy atom. The van der Waals surface area contributed by atoms with Gasteiger partial charge in [-0.2, -0.15) is 0 Å². The van der Waals surface area contributed by atoms with Crippen molar-refractivity contribution in [3.8, 4) is 11.5 Å². The van der Waals surface area contributed by atoms with Crippen LogP contribution in [0.3, 0.4) is 0 Å². The second kappa shape index (κ2) is 8.05. The highest BCUT2D eigenvalue weighted by molar-refractivity contribution is 14.1. The van der Waals surface area contributed by atoms with E-state index >= 15 is 0 Å². The Labute approximate surface area is 170 Å². The van der Waals surface area contributed by atoms with Crippen molar-refractivity contribution >= 4 is 57.5 Å². The Morgan fingerprint density at radius 2 is 2.04 bits per heavy atom. The number of thioether (sulfide) groups is 1. The first-order valence-corrected chi connectivity index (χ1v) is 10.2. The second-order valence-corrected chi connectivity index (χ2v) is 8.04. The molecular formula is C18H17ClINO3S. The summed E-state index contributed by atoms with van der Waals surface area (Å²) in [4.78, 5) is 14.3. The first-order chi connectivity index (χ1) is 12.0. The molecule has 0 N–H and O–H groups in total. The summed E-state index contributed by atoms with van der Waals surface area (Å²) >= 11 is 9.82. The smallest absolute Gasteiger partial charge is 0.238 e. The van der Waals surface area contributed by atoms with Crippen LogP contribution in [0.25, 0.3) is 0 Å². The summed E-state index contributed by atoms with van der Waals surface area (Å²) in [5.74, 6) is 1.95. The van der Waals surface area contributed by atoms with Crippen molar-refractivity contribution in [3.05, 3.63) is 50.6 Å². The summed E-state index contributed by atoms with van der Waals surface area (Å²) in [6.45, 7) is 2.49. The van der Waals surface area contributed by atoms with Crippen LogP contribution in [0.1, 0.15) is 17.9 Å². The third-order valence-corrected chi connectivity index (χ3v) is 6.06. The van der Waals surface area contributed by atoms with E-state index < -0.39 is 0 Å². The maximum Gasteiger partial charge on any atom is 0.238 e. The quantitative estimate of drug-likeness (QED) is 0.546. The summed E-state index contributed by atoms with van der Waals surface area (Å²) in [5, 5.41) is 0.546. The molecule has 132 valence electrons. The lowest BCUT2D eigenvalue weighted by Gasteiger charge is -2.25. The molecule has 0 aromatic heterocycles. The van der Waals surface area contributed by atoms with Gasteiger partial charge in [-0.1, -0.05) is 11.6 Å². The molecule has 1 heterocycles. The number of hydrogen-bond acceptors (Lipinski definition) is 4. The lowest BCUT2D eigenvalue weighted by atomic mass is 10.1. The Morgan fingerprint density at radius 1 is 1.32 bits per heavy atom. The molecule has 1 atom stereocenters. The van der Waals surface area contributed by atoms with Crippen molar-refractivity contribution in [1.82, 2.24) is 0 Å². The van der Waals surface area contributed by atoms with E-state index in [-0.39, 0.29) is 11.3 Å². The molecule has 7 heteroatoms. The minimum Gasteiger partial charge on any atom is -0.492 e. The molecule has 1 aliphatic heterocycles. The lowest BCUT2D eigenvalue weighted by molar-refractivity contribution is -0.115. The van der Waals surface area contributed by atoms with Gasteiger partial charge in [-0.25, -0.2) is 0 Å². The molecule has 0 bridgehead atoms. The number of carbonyl (C=O) groups is 1. The average Bonchev–Trinajstić information content (AvgIpc) is 2.97. The van der Waals surface area contributed by atoms with Gasteiger partial charge in [-0.3, -0.25) is 9.69 Å². The van der Waals surface area contributed by atoms with Gasteiger partial charge in [0.25, 0.3) is 0 Å². The Bertz CT molecular complexity index is 785. The average molecular weight is 490 g/mol. The summed E-state index contributed by atoms with van der Waals surface area (Å²) in [6, 6.07) is 11.3. The minimum atomic E-state index is -0.104. The van der Waals surface area contributed by atoms with Crippen LogP contribution in [-0.4, -0.2) is 25.4 Å². The summed E-state index contributed by atoms with van der Waals surface area (Å²) in [6.07, 6.45) is 0. The van der Waals surface area contributed by atoms with Gasteiger partial charge >= 0.3 is 0 Å². The van der Waals surface area contributed by atoms with E-state index in [4.69, 9.17) is 21.1 Å². The molecule has 1 saturated heterocycles. The van der Waals surface area contributed by atoms with Crippen LogP contribution in [0.4, 0.5) is 5.69 Å². The Balaban J connectivity index is 2.02. The molecule has 0 saturated carbocycles. The number of nitrogens with zero attached hydrogens (tertiary/aromatic N) is 1. The van der Waals surface area contributed by atoms with Crippen molar-refractivity contribution in [2.24, 2.45) is 0 Å². The first-order valence-electron chi connectivity index (χ1n) is 7.74. The summed E-state index contributed by atoms with van der Waals surface area (Å²) < 4.78 is 12.1. The third-order valence-electron chi connectivity index (χ3n) is 3.79. The van der Waals surface area contributed by atoms with Crippen molar-refractivity contribution in [1.29, 1.82) is 0 Å². The first kappa shape index (κ1) is 18.7. The number of carbonyl (C=O) groups excluding carboxylic acids is 1. The van der Waals surface area contributed by atoms with Crippen LogP contribution in [-0.2, 0) is 4.79 Å². The lowest BCUT2D eigenvalue weighted by Crippen LogP contribution is -2.27. The number of halogens is 2. The zero-order chi connectivity index (χ0) is 18.0. The number of hydrogen-bond donors (Lipinski definition) is 0. The zero-order valence-electron chi connectivity index (χ0n) is 13.8. The van der Waals surface area contributed by atoms with Crippen LogP contribution in [0.5, 0.6) is 11.5 Å². The fourth-order valence-corrected chi connectivity index (χ4v) is 4.87. The molecule has 0 unspecified atom stereocenters. The predicted octanol–water partition coefficient (Wildman–Crippen LogP) is 5.13. The molecule has 2 aromatic rings. The van der Waals surface area contributed by atoms with Gasteiger partial charge in [0.2, 0.25) is 5.91 Å². The number of anilines is 1. The van der Waals surface area contributed by atoms with Gasteiger partial charge in [-0.15, -0.1) is 11.8 Å². The minimum absolute atomic E-state index is 0.0844. The fourth-order valence-electron chi connectivity index (χ4n) is 2.74. The van der Waals surface area contributed by atoms with Crippen molar-refractivity contribution in [3.63, 3.8) is 0 Å². The Kier molecular flexibility index (Phi) is 6.01. The van der Waals surface area contributed by atoms with E-state index in [1.165, 1.54) is 0 Å². The molecule has 0 aliphatic carbocycles. The van der Waals surface area contributed by atoms with E-state index in [2.05, 4.69) is 22.6 Å². The third kappa shape index (κ3) is 3.85. The van der Waals surface area contributed by atoms with E-state index in [1.54, 1.807) is 31.0 Å². The van der Waals surface area contributed by atoms with E-state index in [9.17, 15) is 4.79 Å². The molecule has 1 fully saturated rings. The molecule has 2 aromatic carbocycles. The molecule has 3 rings (SSSR count). The number of methoxy groups -OCH3 is 1. The number of benzene rings is 2. The highest BCUT2D eigenvalue weighted by Crippen LogP contribution is 2.45. The molecule has 4 nitrogen and oxygen atoms in total. The highest BCUT2D eigenvalue weighted by Gasteiger charge is 2.35. The van der Waals surface area contributed by atoms with Crippen LogP contribution in [0.2, 0.25) is 5.02 Å². The molecule has 25 heavy (non-hydrogen) atoms. The molecule has 0 radical (unpaired) electrons. The monoisotopic (exact) mass is 489 g/mol. The fraction of sp³-hybridized carbons (Fsp3) is 0.278. The summed E-state index contributed by atoms with van der Waals surface area (Å²) in [5.41, 5.74) is 1.85. The molecule has 1 amide bonds. The van der Waals surface area contributed by atoms with Crippen molar-refractivity contribution < 1.29 is 14.3 Å². The van der Waals surface area contributed by atoms with E-state index in [0.29, 0.717) is 23.1 Å². The molecule has 1 aliphatic rings. The van der Waals surface area contributed by atoms with Gasteiger partial charge in [-0.05, 0) is 71.5 Å². The van der Waals surface area contributed by atoms with E-state index in [1.807, 2.05) is 36.1 Å². The molecule has 0 spiro atoms. The zero-order valence-corrected chi connectivity index (χ0v) is 17.5. The second-order valence-electron chi connectivity index (χ2n) is 5.37. The molecular weight excluding hydrogens is 473 g/mol. The van der Waals surface area contributed by atoms with Crippen LogP contribution >= 0.6 is 46.0 Å². The van der Waals surface area contributed by atoms with Gasteiger partial charge in [0.05, 0.1) is 23.0 Å². The van der Waals surface area contributed by atoms with E-state index in [0.717, 1.165) is 20.6 Å².